The molecule has 0 N–H and O–H groups in total. The van der Waals surface area contributed by atoms with Crippen molar-refractivity contribution in [2.24, 2.45) is 5.92 Å². The molecule has 19 heavy (non-hydrogen) atoms. The summed E-state index contributed by atoms with van der Waals surface area (Å²) < 4.78 is 0. The molecule has 1 aromatic heterocycles. The van der Waals surface area contributed by atoms with Gasteiger partial charge in [0, 0.05) is 22.1 Å². The predicted octanol–water partition coefficient (Wildman–Crippen LogP) is 4.26. The number of rotatable bonds is 4. The van der Waals surface area contributed by atoms with Crippen molar-refractivity contribution in [3.63, 3.8) is 0 Å². The molecule has 1 heterocycles. The summed E-state index contributed by atoms with van der Waals surface area (Å²) in [6.07, 6.45) is 0. The zero-order valence-electron chi connectivity index (χ0n) is 10.8. The van der Waals surface area contributed by atoms with Gasteiger partial charge in [0.1, 0.15) is 0 Å². The predicted molar refractivity (Wildman–Crippen MR) is 84.0 cm³/mol. The zero-order chi connectivity index (χ0) is 14.0. The van der Waals surface area contributed by atoms with Crippen LogP contribution in [0.1, 0.15) is 35.6 Å². The Labute approximate surface area is 129 Å². The molecule has 0 fully saturated rings. The normalized spacial score (nSPS) is 11.2. The second-order valence-electron chi connectivity index (χ2n) is 4.61. The number of Topliss-reactive ketones (excluding diaryl/α,β-unsaturated/α-hetero) is 1. The minimum absolute atomic E-state index is 0.0112. The summed E-state index contributed by atoms with van der Waals surface area (Å²) in [6.45, 7) is 3.80. The molecule has 0 aliphatic heterocycles. The molecular weight excluding hydrogens is 372 g/mol. The van der Waals surface area contributed by atoms with E-state index in [0.29, 0.717) is 16.2 Å². The highest BCUT2D eigenvalue weighted by Crippen LogP contribution is 2.20. The van der Waals surface area contributed by atoms with Gasteiger partial charge in [0.05, 0.1) is 22.4 Å². The van der Waals surface area contributed by atoms with E-state index < -0.39 is 0 Å². The van der Waals surface area contributed by atoms with E-state index in [2.05, 4.69) is 41.8 Å². The molecule has 0 atom stereocenters. The van der Waals surface area contributed by atoms with E-state index in [1.165, 1.54) is 0 Å². The molecule has 0 aliphatic carbocycles. The Hall–Kier alpha value is -0.810. The lowest BCUT2D eigenvalue weighted by Crippen LogP contribution is -2.08. The molecule has 1 aromatic carbocycles. The molecule has 5 heteroatoms. The van der Waals surface area contributed by atoms with Crippen molar-refractivity contribution in [2.45, 2.75) is 24.5 Å². The summed E-state index contributed by atoms with van der Waals surface area (Å²) in [4.78, 5) is 21.1. The number of aromatic nitrogens is 2. The average Bonchev–Trinajstić information content (AvgIpc) is 2.44. The fourth-order valence-electron chi connectivity index (χ4n) is 1.83. The Morgan fingerprint density at radius 1 is 1.11 bits per heavy atom. The molecule has 0 bridgehead atoms. The van der Waals surface area contributed by atoms with Crippen molar-refractivity contribution < 1.29 is 4.79 Å². The van der Waals surface area contributed by atoms with Crippen LogP contribution >= 0.6 is 31.9 Å². The number of fused-ring (bicyclic) bond motifs is 1. The minimum Gasteiger partial charge on any atom is -0.294 e. The van der Waals surface area contributed by atoms with Crippen molar-refractivity contribution in [1.29, 1.82) is 0 Å². The van der Waals surface area contributed by atoms with Crippen molar-refractivity contribution in [3.05, 3.63) is 35.2 Å². The highest BCUT2D eigenvalue weighted by Gasteiger charge is 2.13. The van der Waals surface area contributed by atoms with E-state index in [0.717, 1.165) is 22.4 Å². The maximum absolute atomic E-state index is 12.0. The van der Waals surface area contributed by atoms with E-state index in [4.69, 9.17) is 0 Å². The van der Waals surface area contributed by atoms with Crippen LogP contribution in [-0.2, 0) is 10.7 Å². The van der Waals surface area contributed by atoms with E-state index in [9.17, 15) is 4.79 Å². The maximum atomic E-state index is 12.0. The molecule has 0 aliphatic rings. The van der Waals surface area contributed by atoms with Crippen LogP contribution in [0.4, 0.5) is 0 Å². The first kappa shape index (κ1) is 14.6. The highest BCUT2D eigenvalue weighted by atomic mass is 79.9. The maximum Gasteiger partial charge on any atom is 0.165 e. The molecule has 0 saturated heterocycles. The fourth-order valence-corrected chi connectivity index (χ4v) is 2.73. The van der Waals surface area contributed by atoms with Crippen molar-refractivity contribution in [1.82, 2.24) is 9.97 Å². The molecule has 100 valence electrons. The highest BCUT2D eigenvalue weighted by molar-refractivity contribution is 9.09. The quantitative estimate of drug-likeness (QED) is 0.583. The number of hydrogen-bond donors (Lipinski definition) is 0. The van der Waals surface area contributed by atoms with Crippen molar-refractivity contribution >= 4 is 48.7 Å². The summed E-state index contributed by atoms with van der Waals surface area (Å²) in [5.41, 5.74) is 4.11. The summed E-state index contributed by atoms with van der Waals surface area (Å²) in [7, 11) is 0. The number of alkyl halides is 2. The molecule has 2 aromatic rings. The Kier molecular flexibility index (Phi) is 4.68. The summed E-state index contributed by atoms with van der Waals surface area (Å²) in [6, 6.07) is 5.52. The van der Waals surface area contributed by atoms with Crippen LogP contribution < -0.4 is 0 Å². The van der Waals surface area contributed by atoms with Gasteiger partial charge in [-0.05, 0) is 18.2 Å². The molecule has 0 amide bonds. The Bertz CT molecular complexity index is 626. The fraction of sp³-hybridized carbons (Fsp3) is 0.357. The van der Waals surface area contributed by atoms with E-state index in [-0.39, 0.29) is 11.7 Å². The molecule has 0 unspecified atom stereocenters. The third kappa shape index (κ3) is 3.03. The van der Waals surface area contributed by atoms with Gasteiger partial charge in [-0.1, -0.05) is 45.7 Å². The van der Waals surface area contributed by atoms with Crippen LogP contribution in [-0.4, -0.2) is 15.8 Å². The van der Waals surface area contributed by atoms with Crippen LogP contribution in [0, 0.1) is 5.92 Å². The third-order valence-electron chi connectivity index (χ3n) is 2.88. The minimum atomic E-state index is -0.0112. The lowest BCUT2D eigenvalue weighted by atomic mass is 10.0. The molecule has 0 spiro atoms. The molecule has 0 saturated carbocycles. The first-order valence-electron chi connectivity index (χ1n) is 6.02. The smallest absolute Gasteiger partial charge is 0.165 e. The first-order valence-corrected chi connectivity index (χ1v) is 8.26. The van der Waals surface area contributed by atoms with Crippen LogP contribution in [0.15, 0.2) is 18.2 Å². The average molecular weight is 386 g/mol. The molecule has 0 radical (unpaired) electrons. The number of halogens is 2. The van der Waals surface area contributed by atoms with Gasteiger partial charge in [-0.25, -0.2) is 9.97 Å². The van der Waals surface area contributed by atoms with Crippen LogP contribution in [0.2, 0.25) is 0 Å². The van der Waals surface area contributed by atoms with Crippen LogP contribution in [0.5, 0.6) is 0 Å². The van der Waals surface area contributed by atoms with E-state index >= 15 is 0 Å². The number of ketones is 1. The topological polar surface area (TPSA) is 42.9 Å². The summed E-state index contributed by atoms with van der Waals surface area (Å²) >= 11 is 6.83. The molecule has 3 nitrogen and oxygen atoms in total. The number of carbonyl (C=O) groups excluding carboxylic acids is 1. The Balaban J connectivity index is 2.57. The van der Waals surface area contributed by atoms with Crippen molar-refractivity contribution in [2.75, 3.05) is 0 Å². The third-order valence-corrected chi connectivity index (χ3v) is 3.94. The lowest BCUT2D eigenvalue weighted by molar-refractivity contribution is 0.0939. The number of nitrogens with zero attached hydrogens (tertiary/aromatic N) is 2. The summed E-state index contributed by atoms with van der Waals surface area (Å²) in [5, 5.41) is 1.32. The largest absolute Gasteiger partial charge is 0.294 e. The second kappa shape index (κ2) is 6.09. The van der Waals surface area contributed by atoms with Crippen LogP contribution in [0.3, 0.4) is 0 Å². The van der Waals surface area contributed by atoms with Crippen molar-refractivity contribution in [3.8, 4) is 0 Å². The number of benzene rings is 1. The monoisotopic (exact) mass is 384 g/mol. The first-order chi connectivity index (χ1) is 9.06. The van der Waals surface area contributed by atoms with Gasteiger partial charge in [0.2, 0.25) is 0 Å². The number of carbonyl (C=O) groups is 1. The van der Waals surface area contributed by atoms with Gasteiger partial charge in [-0.15, -0.1) is 0 Å². The standard InChI is InChI=1S/C14H14Br2N2O/c1-8(2)14(19)9-3-4-10-11(5-9)18-13(7-16)12(6-15)17-10/h3-5,8H,6-7H2,1-2H3. The van der Waals surface area contributed by atoms with Gasteiger partial charge in [-0.3, -0.25) is 4.79 Å². The van der Waals surface area contributed by atoms with Gasteiger partial charge in [-0.2, -0.15) is 0 Å². The van der Waals surface area contributed by atoms with Gasteiger partial charge in [0.15, 0.2) is 5.78 Å². The van der Waals surface area contributed by atoms with Gasteiger partial charge in [0.25, 0.3) is 0 Å². The Morgan fingerprint density at radius 2 is 1.68 bits per heavy atom. The van der Waals surface area contributed by atoms with Gasteiger partial charge >= 0.3 is 0 Å². The number of hydrogen-bond acceptors (Lipinski definition) is 3. The Morgan fingerprint density at radius 3 is 2.21 bits per heavy atom. The SMILES string of the molecule is CC(C)C(=O)c1ccc2nc(CBr)c(CBr)nc2c1. The molecular formula is C14H14Br2N2O. The summed E-state index contributed by atoms with van der Waals surface area (Å²) in [5.74, 6) is 0.122. The molecule has 2 rings (SSSR count). The van der Waals surface area contributed by atoms with Gasteiger partial charge < -0.3 is 0 Å². The lowest BCUT2D eigenvalue weighted by Gasteiger charge is -2.08. The zero-order valence-corrected chi connectivity index (χ0v) is 14.0. The van der Waals surface area contributed by atoms with E-state index in [1.807, 2.05) is 32.0 Å². The van der Waals surface area contributed by atoms with E-state index in [1.54, 1.807) is 0 Å². The van der Waals surface area contributed by atoms with Crippen LogP contribution in [0.25, 0.3) is 11.0 Å². The second-order valence-corrected chi connectivity index (χ2v) is 5.73.